The van der Waals surface area contributed by atoms with E-state index in [1.807, 2.05) is 50.5 Å². The van der Waals surface area contributed by atoms with Gasteiger partial charge in [-0.1, -0.05) is 30.0 Å². The summed E-state index contributed by atoms with van der Waals surface area (Å²) in [6, 6.07) is 11.7. The van der Waals surface area contributed by atoms with Gasteiger partial charge in [0.25, 0.3) is 0 Å². The van der Waals surface area contributed by atoms with Crippen LogP contribution in [-0.2, 0) is 6.54 Å². The molecule has 0 saturated carbocycles. The first kappa shape index (κ1) is 22.9. The van der Waals surface area contributed by atoms with E-state index in [2.05, 4.69) is 25.0 Å². The van der Waals surface area contributed by atoms with Crippen LogP contribution >= 0.6 is 11.8 Å². The molecule has 0 radical (unpaired) electrons. The lowest BCUT2D eigenvalue weighted by molar-refractivity contribution is 0.222. The summed E-state index contributed by atoms with van der Waals surface area (Å²) in [5.74, 6) is 1.82. The third-order valence-corrected chi connectivity index (χ3v) is 5.84. The van der Waals surface area contributed by atoms with Gasteiger partial charge in [-0.05, 0) is 44.3 Å². The van der Waals surface area contributed by atoms with Crippen LogP contribution in [0.2, 0.25) is 0 Å². The predicted octanol–water partition coefficient (Wildman–Crippen LogP) is 3.94. The largest absolute Gasteiger partial charge is 0.490 e. The van der Waals surface area contributed by atoms with Crippen molar-refractivity contribution in [1.29, 1.82) is 0 Å². The number of carbonyl (C=O) groups excluding carboxylic acids is 1. The molecule has 0 bridgehead atoms. The van der Waals surface area contributed by atoms with Crippen LogP contribution in [0, 0.1) is 0 Å². The molecule has 2 aromatic heterocycles. The zero-order chi connectivity index (χ0) is 23.0. The van der Waals surface area contributed by atoms with Gasteiger partial charge in [-0.3, -0.25) is 9.78 Å². The highest BCUT2D eigenvalue weighted by Crippen LogP contribution is 2.23. The van der Waals surface area contributed by atoms with Crippen molar-refractivity contribution in [3.05, 3.63) is 72.3 Å². The summed E-state index contributed by atoms with van der Waals surface area (Å²) in [7, 11) is 4.08. The number of hydrogen-bond acceptors (Lipinski definition) is 8. The molecular formula is C24H26N6O2S. The topological polar surface area (TPSA) is 83.8 Å². The van der Waals surface area contributed by atoms with E-state index < -0.39 is 0 Å². The molecule has 3 aromatic rings. The van der Waals surface area contributed by atoms with Crippen LogP contribution in [0.1, 0.15) is 17.5 Å². The number of hydrazone groups is 1. The summed E-state index contributed by atoms with van der Waals surface area (Å²) in [6.45, 7) is 1.97. The van der Waals surface area contributed by atoms with Crippen LogP contribution in [0.5, 0.6) is 5.75 Å². The van der Waals surface area contributed by atoms with Crippen molar-refractivity contribution >= 4 is 22.7 Å². The number of amides is 1. The van der Waals surface area contributed by atoms with Gasteiger partial charge < -0.3 is 9.64 Å². The molecule has 0 N–H and O–H groups in total. The first-order chi connectivity index (χ1) is 16.1. The Kier molecular flexibility index (Phi) is 7.64. The number of nitrogens with zero attached hydrogens (tertiary/aromatic N) is 6. The second-order valence-electron chi connectivity index (χ2n) is 7.84. The van der Waals surface area contributed by atoms with E-state index in [0.29, 0.717) is 30.5 Å². The number of benzene rings is 1. The molecule has 0 fully saturated rings. The lowest BCUT2D eigenvalue weighted by atomic mass is 10.1. The van der Waals surface area contributed by atoms with Gasteiger partial charge in [0.2, 0.25) is 0 Å². The zero-order valence-corrected chi connectivity index (χ0v) is 19.5. The Labute approximate surface area is 197 Å². The summed E-state index contributed by atoms with van der Waals surface area (Å²) in [4.78, 5) is 27.5. The van der Waals surface area contributed by atoms with Gasteiger partial charge in [0.05, 0.1) is 31.3 Å². The molecule has 0 aliphatic carbocycles. The molecule has 170 valence electrons. The van der Waals surface area contributed by atoms with E-state index >= 15 is 0 Å². The lowest BCUT2D eigenvalue weighted by Gasteiger charge is -2.23. The van der Waals surface area contributed by atoms with E-state index in [1.165, 1.54) is 16.8 Å². The molecule has 1 amide bonds. The summed E-state index contributed by atoms with van der Waals surface area (Å²) in [6.07, 6.45) is 7.79. The third-order valence-electron chi connectivity index (χ3n) is 4.96. The van der Waals surface area contributed by atoms with E-state index in [0.717, 1.165) is 35.4 Å². The maximum absolute atomic E-state index is 12.4. The van der Waals surface area contributed by atoms with E-state index in [-0.39, 0.29) is 5.24 Å². The summed E-state index contributed by atoms with van der Waals surface area (Å²) in [5.41, 5.74) is 3.67. The van der Waals surface area contributed by atoms with Crippen LogP contribution < -0.4 is 4.74 Å². The molecule has 1 aliphatic heterocycles. The molecule has 0 spiro atoms. The number of thioether (sulfide) groups is 1. The second-order valence-corrected chi connectivity index (χ2v) is 8.77. The van der Waals surface area contributed by atoms with Crippen LogP contribution in [0.4, 0.5) is 4.79 Å². The standard InChI is InChI=1S/C24H26N6O2S/c1-29(2)11-4-12-32-21-14-26-23(27-15-21)20-6-3-5-18(13-20)16-30-24(31)33-17-22(28-30)19-7-9-25-10-8-19/h3,5-10,13-15H,4,11-12,16-17H2,1-2H3. The summed E-state index contributed by atoms with van der Waals surface area (Å²) >= 11 is 1.25. The fraction of sp³-hybridized carbons (Fsp3) is 0.292. The van der Waals surface area contributed by atoms with Crippen molar-refractivity contribution in [3.63, 3.8) is 0 Å². The van der Waals surface area contributed by atoms with Crippen molar-refractivity contribution in [3.8, 4) is 17.1 Å². The van der Waals surface area contributed by atoms with Crippen LogP contribution in [0.3, 0.4) is 0 Å². The Morgan fingerprint density at radius 3 is 2.64 bits per heavy atom. The van der Waals surface area contributed by atoms with Crippen LogP contribution in [0.15, 0.2) is 66.3 Å². The Morgan fingerprint density at radius 2 is 1.88 bits per heavy atom. The van der Waals surface area contributed by atoms with Gasteiger partial charge in [0.15, 0.2) is 11.6 Å². The Bertz CT molecular complexity index is 1110. The summed E-state index contributed by atoms with van der Waals surface area (Å²) < 4.78 is 5.71. The number of pyridine rings is 1. The molecule has 3 heterocycles. The van der Waals surface area contributed by atoms with Gasteiger partial charge >= 0.3 is 5.24 Å². The van der Waals surface area contributed by atoms with E-state index in [1.54, 1.807) is 24.8 Å². The quantitative estimate of drug-likeness (QED) is 0.445. The Hall–Kier alpha value is -3.30. The maximum Gasteiger partial charge on any atom is 0.302 e. The van der Waals surface area contributed by atoms with Gasteiger partial charge in [-0.15, -0.1) is 0 Å². The highest BCUT2D eigenvalue weighted by atomic mass is 32.2. The van der Waals surface area contributed by atoms with Crippen molar-refractivity contribution in [2.75, 3.05) is 33.0 Å². The second kappa shape index (κ2) is 11.0. The molecule has 0 saturated heterocycles. The first-order valence-electron chi connectivity index (χ1n) is 10.7. The molecule has 4 rings (SSSR count). The number of ether oxygens (including phenoxy) is 1. The highest BCUT2D eigenvalue weighted by molar-refractivity contribution is 8.14. The average Bonchev–Trinajstić information content (AvgIpc) is 2.84. The Morgan fingerprint density at radius 1 is 1.09 bits per heavy atom. The smallest absolute Gasteiger partial charge is 0.302 e. The van der Waals surface area contributed by atoms with Gasteiger partial charge in [-0.25, -0.2) is 15.0 Å². The van der Waals surface area contributed by atoms with Crippen molar-refractivity contribution in [1.82, 2.24) is 24.9 Å². The summed E-state index contributed by atoms with van der Waals surface area (Å²) in [5, 5.41) is 6.03. The van der Waals surface area contributed by atoms with Crippen molar-refractivity contribution < 1.29 is 9.53 Å². The highest BCUT2D eigenvalue weighted by Gasteiger charge is 2.22. The molecule has 1 aliphatic rings. The number of hydrogen-bond donors (Lipinski definition) is 0. The predicted molar refractivity (Wildman–Crippen MR) is 130 cm³/mol. The molecule has 1 aromatic carbocycles. The van der Waals surface area contributed by atoms with E-state index in [4.69, 9.17) is 4.74 Å². The lowest BCUT2D eigenvalue weighted by Crippen LogP contribution is -2.29. The minimum atomic E-state index is -0.0646. The fourth-order valence-electron chi connectivity index (χ4n) is 3.30. The fourth-order valence-corrected chi connectivity index (χ4v) is 4.04. The number of rotatable bonds is 9. The zero-order valence-electron chi connectivity index (χ0n) is 18.7. The number of aromatic nitrogens is 3. The SMILES string of the molecule is CN(C)CCCOc1cnc(-c2cccc(CN3N=C(c4ccncc4)CSC3=O)c2)nc1. The first-order valence-corrected chi connectivity index (χ1v) is 11.7. The minimum Gasteiger partial charge on any atom is -0.490 e. The minimum absolute atomic E-state index is 0.0646. The number of carbonyl (C=O) groups is 1. The van der Waals surface area contributed by atoms with Crippen molar-refractivity contribution in [2.24, 2.45) is 5.10 Å². The third kappa shape index (κ3) is 6.36. The van der Waals surface area contributed by atoms with Gasteiger partial charge in [0, 0.05) is 35.8 Å². The monoisotopic (exact) mass is 462 g/mol. The Balaban J connectivity index is 1.43. The van der Waals surface area contributed by atoms with Crippen molar-refractivity contribution in [2.45, 2.75) is 13.0 Å². The molecule has 0 unspecified atom stereocenters. The normalized spacial score (nSPS) is 13.8. The molecular weight excluding hydrogens is 436 g/mol. The maximum atomic E-state index is 12.4. The van der Waals surface area contributed by atoms with E-state index in [9.17, 15) is 4.79 Å². The van der Waals surface area contributed by atoms with Gasteiger partial charge in [0.1, 0.15) is 0 Å². The molecule has 33 heavy (non-hydrogen) atoms. The van der Waals surface area contributed by atoms with Gasteiger partial charge in [-0.2, -0.15) is 5.10 Å². The molecule has 8 nitrogen and oxygen atoms in total. The van der Waals surface area contributed by atoms with Crippen LogP contribution in [-0.4, -0.2) is 68.8 Å². The molecule has 9 heteroatoms. The molecule has 0 atom stereocenters. The van der Waals surface area contributed by atoms with Crippen LogP contribution in [0.25, 0.3) is 11.4 Å². The average molecular weight is 463 g/mol.